The van der Waals surface area contributed by atoms with E-state index in [0.29, 0.717) is 5.75 Å². The van der Waals surface area contributed by atoms with E-state index in [1.807, 2.05) is 30.3 Å². The summed E-state index contributed by atoms with van der Waals surface area (Å²) in [7, 11) is -2.81. The van der Waals surface area contributed by atoms with Gasteiger partial charge in [-0.3, -0.25) is 0 Å². The minimum atomic E-state index is -2.81. The normalized spacial score (nSPS) is 25.4. The van der Waals surface area contributed by atoms with Crippen LogP contribution in [-0.2, 0) is 16.3 Å². The fourth-order valence-corrected chi connectivity index (χ4v) is 4.11. The molecular weight excluding hydrogens is 222 g/mol. The Morgan fingerprint density at radius 1 is 1.31 bits per heavy atom. The highest BCUT2D eigenvalue weighted by Crippen LogP contribution is 2.22. The molecule has 0 aliphatic carbocycles. The van der Waals surface area contributed by atoms with Gasteiger partial charge in [-0.1, -0.05) is 30.3 Å². The molecule has 0 amide bonds. The average Bonchev–Trinajstić information content (AvgIpc) is 2.60. The molecule has 1 aromatic rings. The number of nitrogens with two attached hydrogens (primary N) is 1. The molecule has 2 unspecified atom stereocenters. The molecule has 0 aromatic heterocycles. The minimum absolute atomic E-state index is 0.0420. The van der Waals surface area contributed by atoms with E-state index in [0.717, 1.165) is 12.8 Å². The van der Waals surface area contributed by atoms with Crippen LogP contribution in [0.15, 0.2) is 30.3 Å². The third-order valence-electron chi connectivity index (χ3n) is 3.19. The summed E-state index contributed by atoms with van der Waals surface area (Å²) < 4.78 is 22.7. The lowest BCUT2D eigenvalue weighted by atomic mass is 9.94. The van der Waals surface area contributed by atoms with Crippen molar-refractivity contribution in [1.29, 1.82) is 0 Å². The Morgan fingerprint density at radius 2 is 2.00 bits per heavy atom. The van der Waals surface area contributed by atoms with E-state index >= 15 is 0 Å². The smallest absolute Gasteiger partial charge is 0.150 e. The van der Waals surface area contributed by atoms with Gasteiger partial charge in [0.25, 0.3) is 0 Å². The minimum Gasteiger partial charge on any atom is -0.327 e. The van der Waals surface area contributed by atoms with Crippen molar-refractivity contribution in [2.75, 3.05) is 11.5 Å². The molecular formula is C12H17NO2S. The van der Waals surface area contributed by atoms with Crippen LogP contribution < -0.4 is 5.73 Å². The third-order valence-corrected chi connectivity index (χ3v) is 4.98. The molecule has 2 N–H and O–H groups in total. The van der Waals surface area contributed by atoms with Crippen LogP contribution in [0.4, 0.5) is 0 Å². The molecule has 0 bridgehead atoms. The zero-order chi connectivity index (χ0) is 11.6. The van der Waals surface area contributed by atoms with Gasteiger partial charge in [0.2, 0.25) is 0 Å². The molecule has 3 nitrogen and oxygen atoms in total. The zero-order valence-electron chi connectivity index (χ0n) is 9.17. The largest absolute Gasteiger partial charge is 0.327 e. The Balaban J connectivity index is 1.97. The maximum Gasteiger partial charge on any atom is 0.150 e. The van der Waals surface area contributed by atoms with Gasteiger partial charge < -0.3 is 5.73 Å². The fraction of sp³-hybridized carbons (Fsp3) is 0.500. The van der Waals surface area contributed by atoms with Gasteiger partial charge in [-0.05, 0) is 24.3 Å². The number of sulfone groups is 1. The highest BCUT2D eigenvalue weighted by atomic mass is 32.2. The van der Waals surface area contributed by atoms with Gasteiger partial charge in [0, 0.05) is 6.04 Å². The van der Waals surface area contributed by atoms with E-state index in [2.05, 4.69) is 0 Å². The summed E-state index contributed by atoms with van der Waals surface area (Å²) in [6, 6.07) is 9.95. The maximum atomic E-state index is 11.3. The molecule has 1 heterocycles. The summed E-state index contributed by atoms with van der Waals surface area (Å²) >= 11 is 0. The van der Waals surface area contributed by atoms with E-state index in [-0.39, 0.29) is 17.7 Å². The molecule has 1 fully saturated rings. The van der Waals surface area contributed by atoms with Crippen LogP contribution in [-0.4, -0.2) is 26.0 Å². The number of benzene rings is 1. The average molecular weight is 239 g/mol. The first-order chi connectivity index (χ1) is 7.57. The van der Waals surface area contributed by atoms with Crippen LogP contribution in [0.5, 0.6) is 0 Å². The van der Waals surface area contributed by atoms with Crippen LogP contribution in [0.25, 0.3) is 0 Å². The summed E-state index contributed by atoms with van der Waals surface area (Å²) in [5.41, 5.74) is 7.25. The molecule has 1 aliphatic rings. The standard InChI is InChI=1S/C12H17NO2S/c13-12(8-10-4-2-1-3-5-10)11-6-7-16(14,15)9-11/h1-5,11-12H,6-9,13H2. The second-order valence-corrected chi connectivity index (χ2v) is 6.75. The van der Waals surface area contributed by atoms with Crippen molar-refractivity contribution in [3.63, 3.8) is 0 Å². The van der Waals surface area contributed by atoms with Crippen molar-refractivity contribution in [3.05, 3.63) is 35.9 Å². The molecule has 2 rings (SSSR count). The highest BCUT2D eigenvalue weighted by molar-refractivity contribution is 7.91. The Labute approximate surface area is 96.6 Å². The van der Waals surface area contributed by atoms with E-state index in [1.54, 1.807) is 0 Å². The maximum absolute atomic E-state index is 11.3. The van der Waals surface area contributed by atoms with Crippen molar-refractivity contribution >= 4 is 9.84 Å². The predicted octanol–water partition coefficient (Wildman–Crippen LogP) is 0.991. The van der Waals surface area contributed by atoms with Crippen LogP contribution in [0, 0.1) is 5.92 Å². The lowest BCUT2D eigenvalue weighted by molar-refractivity contribution is 0.461. The molecule has 1 saturated heterocycles. The monoisotopic (exact) mass is 239 g/mol. The lowest BCUT2D eigenvalue weighted by Gasteiger charge is -2.17. The lowest BCUT2D eigenvalue weighted by Crippen LogP contribution is -2.33. The molecule has 2 atom stereocenters. The molecule has 88 valence electrons. The van der Waals surface area contributed by atoms with Gasteiger partial charge >= 0.3 is 0 Å². The quantitative estimate of drug-likeness (QED) is 0.855. The van der Waals surface area contributed by atoms with Crippen LogP contribution >= 0.6 is 0 Å². The van der Waals surface area contributed by atoms with Gasteiger partial charge in [-0.15, -0.1) is 0 Å². The van der Waals surface area contributed by atoms with Crippen molar-refractivity contribution in [3.8, 4) is 0 Å². The third kappa shape index (κ3) is 2.83. The Hall–Kier alpha value is -0.870. The Morgan fingerprint density at radius 3 is 2.56 bits per heavy atom. The summed E-state index contributed by atoms with van der Waals surface area (Å²) in [5, 5.41) is 0. The van der Waals surface area contributed by atoms with E-state index in [1.165, 1.54) is 5.56 Å². The summed E-state index contributed by atoms with van der Waals surface area (Å²) in [6.45, 7) is 0. The molecule has 1 aromatic carbocycles. The van der Waals surface area contributed by atoms with Crippen LogP contribution in [0.2, 0.25) is 0 Å². The summed E-state index contributed by atoms with van der Waals surface area (Å²) in [6.07, 6.45) is 1.48. The number of rotatable bonds is 3. The Kier molecular flexibility index (Phi) is 3.30. The number of hydrogen-bond donors (Lipinski definition) is 1. The van der Waals surface area contributed by atoms with Gasteiger partial charge in [0.15, 0.2) is 9.84 Å². The number of hydrogen-bond acceptors (Lipinski definition) is 3. The van der Waals surface area contributed by atoms with Crippen molar-refractivity contribution < 1.29 is 8.42 Å². The Bertz CT molecular complexity index is 441. The second kappa shape index (κ2) is 4.55. The SMILES string of the molecule is NC(Cc1ccccc1)C1CCS(=O)(=O)C1. The predicted molar refractivity (Wildman–Crippen MR) is 64.9 cm³/mol. The van der Waals surface area contributed by atoms with E-state index < -0.39 is 9.84 Å². The first kappa shape index (κ1) is 11.6. The van der Waals surface area contributed by atoms with Gasteiger partial charge in [-0.25, -0.2) is 8.42 Å². The van der Waals surface area contributed by atoms with Gasteiger partial charge in [0.1, 0.15) is 0 Å². The highest BCUT2D eigenvalue weighted by Gasteiger charge is 2.31. The van der Waals surface area contributed by atoms with Gasteiger partial charge in [0.05, 0.1) is 11.5 Å². The summed E-state index contributed by atoms with van der Waals surface area (Å²) in [4.78, 5) is 0. The van der Waals surface area contributed by atoms with Crippen LogP contribution in [0.1, 0.15) is 12.0 Å². The topological polar surface area (TPSA) is 60.2 Å². The molecule has 0 saturated carbocycles. The van der Waals surface area contributed by atoms with E-state index in [4.69, 9.17) is 5.73 Å². The van der Waals surface area contributed by atoms with E-state index in [9.17, 15) is 8.42 Å². The molecule has 0 spiro atoms. The first-order valence-corrected chi connectivity index (χ1v) is 7.39. The molecule has 1 aliphatic heterocycles. The summed E-state index contributed by atoms with van der Waals surface area (Å²) in [5.74, 6) is 0.700. The van der Waals surface area contributed by atoms with Crippen LogP contribution in [0.3, 0.4) is 0 Å². The molecule has 4 heteroatoms. The fourth-order valence-electron chi connectivity index (χ4n) is 2.21. The zero-order valence-corrected chi connectivity index (χ0v) is 9.99. The van der Waals surface area contributed by atoms with Gasteiger partial charge in [-0.2, -0.15) is 0 Å². The van der Waals surface area contributed by atoms with Crippen molar-refractivity contribution in [1.82, 2.24) is 0 Å². The van der Waals surface area contributed by atoms with Crippen molar-refractivity contribution in [2.45, 2.75) is 18.9 Å². The van der Waals surface area contributed by atoms with Crippen molar-refractivity contribution in [2.24, 2.45) is 11.7 Å². The first-order valence-electron chi connectivity index (χ1n) is 5.57. The second-order valence-electron chi connectivity index (χ2n) is 4.52. The molecule has 16 heavy (non-hydrogen) atoms. The molecule has 0 radical (unpaired) electrons.